The van der Waals surface area contributed by atoms with Gasteiger partial charge >= 0.3 is 0 Å². The van der Waals surface area contributed by atoms with Gasteiger partial charge in [0.05, 0.1) is 6.61 Å². The number of alkyl halides is 1. The van der Waals surface area contributed by atoms with Crippen molar-refractivity contribution < 1.29 is 4.74 Å². The van der Waals surface area contributed by atoms with Crippen LogP contribution in [0.3, 0.4) is 0 Å². The van der Waals surface area contributed by atoms with E-state index in [4.69, 9.17) is 4.74 Å². The fourth-order valence-electron chi connectivity index (χ4n) is 2.50. The van der Waals surface area contributed by atoms with Crippen LogP contribution >= 0.6 is 15.9 Å². The SMILES string of the molecule is CCC(C)c1ccccc1OCCCCCCCCCBr. The Labute approximate surface area is 139 Å². The lowest BCUT2D eigenvalue weighted by atomic mass is 9.98. The third-order valence-electron chi connectivity index (χ3n) is 4.10. The summed E-state index contributed by atoms with van der Waals surface area (Å²) in [5.41, 5.74) is 1.36. The predicted octanol–water partition coefficient (Wildman–Crippen LogP) is 6.70. The van der Waals surface area contributed by atoms with E-state index < -0.39 is 0 Å². The van der Waals surface area contributed by atoms with Gasteiger partial charge in [-0.3, -0.25) is 0 Å². The number of hydrogen-bond acceptors (Lipinski definition) is 1. The van der Waals surface area contributed by atoms with E-state index in [1.165, 1.54) is 50.5 Å². The van der Waals surface area contributed by atoms with Gasteiger partial charge in [0.1, 0.15) is 5.75 Å². The van der Waals surface area contributed by atoms with Gasteiger partial charge in [0.2, 0.25) is 0 Å². The summed E-state index contributed by atoms with van der Waals surface area (Å²) in [5.74, 6) is 1.67. The normalized spacial score (nSPS) is 12.3. The van der Waals surface area contributed by atoms with E-state index in [0.717, 1.165) is 24.1 Å². The largest absolute Gasteiger partial charge is 0.493 e. The number of rotatable bonds is 12. The van der Waals surface area contributed by atoms with Crippen molar-refractivity contribution in [1.82, 2.24) is 0 Å². The van der Waals surface area contributed by atoms with Crippen molar-refractivity contribution in [3.8, 4) is 5.75 Å². The molecule has 0 saturated heterocycles. The summed E-state index contributed by atoms with van der Waals surface area (Å²) in [6.45, 7) is 5.36. The molecular formula is C19H31BrO. The molecule has 0 bridgehead atoms. The molecule has 0 radical (unpaired) electrons. The third kappa shape index (κ3) is 7.90. The van der Waals surface area contributed by atoms with Crippen molar-refractivity contribution in [3.05, 3.63) is 29.8 Å². The van der Waals surface area contributed by atoms with E-state index in [1.807, 2.05) is 0 Å². The van der Waals surface area contributed by atoms with Gasteiger partial charge in [-0.25, -0.2) is 0 Å². The van der Waals surface area contributed by atoms with Gasteiger partial charge in [-0.1, -0.05) is 80.1 Å². The van der Waals surface area contributed by atoms with E-state index in [2.05, 4.69) is 54.0 Å². The molecule has 120 valence electrons. The summed E-state index contributed by atoms with van der Waals surface area (Å²) in [5, 5.41) is 1.15. The lowest BCUT2D eigenvalue weighted by Crippen LogP contribution is -2.02. The van der Waals surface area contributed by atoms with Crippen molar-refractivity contribution in [1.29, 1.82) is 0 Å². The molecule has 2 heteroatoms. The summed E-state index contributed by atoms with van der Waals surface area (Å²) in [6, 6.07) is 8.50. The first-order chi connectivity index (χ1) is 10.3. The molecule has 1 atom stereocenters. The molecular weight excluding hydrogens is 324 g/mol. The second kappa shape index (κ2) is 12.1. The predicted molar refractivity (Wildman–Crippen MR) is 96.8 cm³/mol. The molecule has 1 rings (SSSR count). The van der Waals surface area contributed by atoms with E-state index >= 15 is 0 Å². The minimum Gasteiger partial charge on any atom is -0.493 e. The smallest absolute Gasteiger partial charge is 0.122 e. The topological polar surface area (TPSA) is 9.23 Å². The molecule has 1 nitrogen and oxygen atoms in total. The van der Waals surface area contributed by atoms with E-state index in [1.54, 1.807) is 0 Å². The first-order valence-corrected chi connectivity index (χ1v) is 9.69. The molecule has 0 N–H and O–H groups in total. The highest BCUT2D eigenvalue weighted by atomic mass is 79.9. The van der Waals surface area contributed by atoms with E-state index in [9.17, 15) is 0 Å². The van der Waals surface area contributed by atoms with Crippen LogP contribution in [0.5, 0.6) is 5.75 Å². The molecule has 0 spiro atoms. The van der Waals surface area contributed by atoms with Crippen LogP contribution in [0.25, 0.3) is 0 Å². The second-order valence-electron chi connectivity index (χ2n) is 5.86. The summed E-state index contributed by atoms with van der Waals surface area (Å²) < 4.78 is 6.00. The lowest BCUT2D eigenvalue weighted by Gasteiger charge is -2.15. The molecule has 0 fully saturated rings. The van der Waals surface area contributed by atoms with Crippen LogP contribution < -0.4 is 4.74 Å². The van der Waals surface area contributed by atoms with Crippen molar-refractivity contribution in [2.24, 2.45) is 0 Å². The highest BCUT2D eigenvalue weighted by molar-refractivity contribution is 9.09. The van der Waals surface area contributed by atoms with Gasteiger partial charge in [0, 0.05) is 5.33 Å². The number of hydrogen-bond donors (Lipinski definition) is 0. The number of para-hydroxylation sites is 1. The zero-order valence-electron chi connectivity index (χ0n) is 13.7. The minimum atomic E-state index is 0.579. The molecule has 0 saturated carbocycles. The Balaban J connectivity index is 2.15. The fraction of sp³-hybridized carbons (Fsp3) is 0.684. The molecule has 0 amide bonds. The Morgan fingerprint density at radius 1 is 0.952 bits per heavy atom. The van der Waals surface area contributed by atoms with E-state index in [-0.39, 0.29) is 0 Å². The maximum Gasteiger partial charge on any atom is 0.122 e. The molecule has 21 heavy (non-hydrogen) atoms. The summed E-state index contributed by atoms with van der Waals surface area (Å²) in [4.78, 5) is 0. The van der Waals surface area contributed by atoms with Gasteiger partial charge in [-0.15, -0.1) is 0 Å². The first-order valence-electron chi connectivity index (χ1n) is 8.57. The van der Waals surface area contributed by atoms with Crippen molar-refractivity contribution in [3.63, 3.8) is 0 Å². The monoisotopic (exact) mass is 354 g/mol. The standard InChI is InChI=1S/C19H31BrO/c1-3-17(2)18-13-9-10-14-19(18)21-16-12-8-6-4-5-7-11-15-20/h9-10,13-14,17H,3-8,11-12,15-16H2,1-2H3. The maximum atomic E-state index is 6.00. The van der Waals surface area contributed by atoms with Crippen LogP contribution in [-0.4, -0.2) is 11.9 Å². The zero-order valence-corrected chi connectivity index (χ0v) is 15.3. The molecule has 1 unspecified atom stereocenters. The first kappa shape index (κ1) is 18.5. The van der Waals surface area contributed by atoms with Crippen molar-refractivity contribution in [2.75, 3.05) is 11.9 Å². The molecule has 0 aromatic heterocycles. The molecule has 0 aliphatic heterocycles. The van der Waals surface area contributed by atoms with Gasteiger partial charge < -0.3 is 4.74 Å². The summed E-state index contributed by atoms with van der Waals surface area (Å²) in [6.07, 6.45) is 10.4. The van der Waals surface area contributed by atoms with Gasteiger partial charge in [-0.2, -0.15) is 0 Å². The quantitative estimate of drug-likeness (QED) is 0.299. The van der Waals surface area contributed by atoms with Crippen molar-refractivity contribution >= 4 is 15.9 Å². The van der Waals surface area contributed by atoms with E-state index in [0.29, 0.717) is 5.92 Å². The second-order valence-corrected chi connectivity index (χ2v) is 6.65. The van der Waals surface area contributed by atoms with Gasteiger partial charge in [0.15, 0.2) is 0 Å². The molecule has 1 aromatic rings. The number of ether oxygens (including phenoxy) is 1. The van der Waals surface area contributed by atoms with Gasteiger partial charge in [0.25, 0.3) is 0 Å². The summed E-state index contributed by atoms with van der Waals surface area (Å²) >= 11 is 3.48. The Hall–Kier alpha value is -0.500. The zero-order chi connectivity index (χ0) is 15.3. The lowest BCUT2D eigenvalue weighted by molar-refractivity contribution is 0.299. The third-order valence-corrected chi connectivity index (χ3v) is 4.66. The van der Waals surface area contributed by atoms with Crippen LogP contribution in [0.1, 0.15) is 76.7 Å². The average Bonchev–Trinajstić information content (AvgIpc) is 2.53. The Morgan fingerprint density at radius 2 is 1.57 bits per heavy atom. The van der Waals surface area contributed by atoms with Crippen LogP contribution in [-0.2, 0) is 0 Å². The molecule has 1 aromatic carbocycles. The van der Waals surface area contributed by atoms with Crippen molar-refractivity contribution in [2.45, 2.75) is 71.1 Å². The Kier molecular flexibility index (Phi) is 10.7. The van der Waals surface area contributed by atoms with Crippen LogP contribution in [0.15, 0.2) is 24.3 Å². The summed E-state index contributed by atoms with van der Waals surface area (Å²) in [7, 11) is 0. The fourth-order valence-corrected chi connectivity index (χ4v) is 2.90. The Morgan fingerprint density at radius 3 is 2.24 bits per heavy atom. The number of unbranched alkanes of at least 4 members (excludes halogenated alkanes) is 6. The van der Waals surface area contributed by atoms with Gasteiger partial charge in [-0.05, 0) is 36.8 Å². The minimum absolute atomic E-state index is 0.579. The van der Waals surface area contributed by atoms with Crippen LogP contribution in [0.4, 0.5) is 0 Å². The van der Waals surface area contributed by atoms with Crippen LogP contribution in [0.2, 0.25) is 0 Å². The molecule has 0 heterocycles. The highest BCUT2D eigenvalue weighted by Crippen LogP contribution is 2.28. The Bertz CT molecular complexity index is 364. The average molecular weight is 355 g/mol. The molecule has 0 aliphatic carbocycles. The van der Waals surface area contributed by atoms with Crippen LogP contribution in [0, 0.1) is 0 Å². The molecule has 0 aliphatic rings. The number of benzene rings is 1. The maximum absolute atomic E-state index is 6.00. The highest BCUT2D eigenvalue weighted by Gasteiger charge is 2.08. The number of halogens is 1.